The van der Waals surface area contributed by atoms with Crippen LogP contribution in [-0.4, -0.2) is 44.2 Å². The van der Waals surface area contributed by atoms with Gasteiger partial charge in [0.15, 0.2) is 0 Å². The molecule has 0 aliphatic carbocycles. The molecule has 3 nitrogen and oxygen atoms in total. The Morgan fingerprint density at radius 3 is 2.14 bits per heavy atom. The maximum atomic E-state index is 4.03. The Hall–Kier alpha value is -0.740. The fourth-order valence-corrected chi connectivity index (χ4v) is 2.93. The lowest BCUT2D eigenvalue weighted by molar-refractivity contribution is 0.203. The van der Waals surface area contributed by atoms with Gasteiger partial charge < -0.3 is 10.2 Å². The summed E-state index contributed by atoms with van der Waals surface area (Å²) in [5.74, 6) is 0. The van der Waals surface area contributed by atoms with E-state index in [1.165, 1.54) is 11.3 Å². The third kappa shape index (κ3) is 5.17. The largest absolute Gasteiger partial charge is 0.372 e. The average molecular weight is 346 g/mol. The van der Waals surface area contributed by atoms with Gasteiger partial charge in [-0.2, -0.15) is 0 Å². The van der Waals surface area contributed by atoms with Crippen molar-refractivity contribution in [2.45, 2.75) is 19.9 Å². The van der Waals surface area contributed by atoms with Crippen LogP contribution in [0.4, 0.5) is 5.69 Å². The van der Waals surface area contributed by atoms with Gasteiger partial charge in [-0.25, -0.2) is 0 Å². The van der Waals surface area contributed by atoms with Crippen molar-refractivity contribution in [3.05, 3.63) is 42.5 Å². The molecule has 126 valence electrons. The van der Waals surface area contributed by atoms with Crippen LogP contribution in [0.5, 0.6) is 0 Å². The molecule has 1 atom stereocenters. The first kappa shape index (κ1) is 21.3. The smallest absolute Gasteiger partial charge is 0.0530 e. The van der Waals surface area contributed by atoms with E-state index in [9.17, 15) is 0 Å². The highest BCUT2D eigenvalue weighted by Gasteiger charge is 2.19. The van der Waals surface area contributed by atoms with Gasteiger partial charge in [-0.15, -0.1) is 31.4 Å². The Kier molecular flexibility index (Phi) is 10.5. The lowest BCUT2D eigenvalue weighted by Crippen LogP contribution is -2.44. The molecule has 0 aromatic heterocycles. The number of piperazine rings is 1. The van der Waals surface area contributed by atoms with Crippen molar-refractivity contribution < 1.29 is 0 Å². The van der Waals surface area contributed by atoms with Crippen LogP contribution in [0.2, 0.25) is 0 Å². The summed E-state index contributed by atoms with van der Waals surface area (Å²) in [6.45, 7) is 14.9. The maximum absolute atomic E-state index is 4.03. The van der Waals surface area contributed by atoms with Crippen LogP contribution in [0, 0.1) is 0 Å². The van der Waals surface area contributed by atoms with Crippen molar-refractivity contribution >= 4 is 30.5 Å². The second-order valence-corrected chi connectivity index (χ2v) is 5.23. The van der Waals surface area contributed by atoms with Gasteiger partial charge in [0, 0.05) is 45.0 Å². The summed E-state index contributed by atoms with van der Waals surface area (Å²) in [5.41, 5.74) is 2.65. The fourth-order valence-electron chi connectivity index (χ4n) is 2.93. The molecular weight excluding hydrogens is 317 g/mol. The van der Waals surface area contributed by atoms with Gasteiger partial charge in [-0.05, 0) is 31.5 Å². The van der Waals surface area contributed by atoms with E-state index in [1.807, 2.05) is 0 Å². The van der Waals surface area contributed by atoms with Crippen LogP contribution in [-0.2, 0) is 0 Å². The fraction of sp³-hybridized carbons (Fsp3) is 0.529. The molecule has 1 saturated heterocycles. The highest BCUT2D eigenvalue weighted by molar-refractivity contribution is 5.85. The molecule has 1 heterocycles. The first-order valence-electron chi connectivity index (χ1n) is 7.72. The molecule has 1 aliphatic heterocycles. The number of hydrogen-bond acceptors (Lipinski definition) is 3. The van der Waals surface area contributed by atoms with Crippen molar-refractivity contribution in [3.63, 3.8) is 0 Å². The predicted molar refractivity (Wildman–Crippen MR) is 102 cm³/mol. The molecule has 0 bridgehead atoms. The minimum Gasteiger partial charge on any atom is -0.372 e. The van der Waals surface area contributed by atoms with E-state index in [-0.39, 0.29) is 24.8 Å². The first-order valence-corrected chi connectivity index (χ1v) is 7.72. The maximum Gasteiger partial charge on any atom is 0.0530 e. The molecule has 0 amide bonds. The SMILES string of the molecule is C=C[C@@H](c1ccc(N(CC)CC)cc1)N1CCNCC1.Cl.Cl. The Labute approximate surface area is 147 Å². The topological polar surface area (TPSA) is 18.5 Å². The van der Waals surface area contributed by atoms with E-state index in [0.717, 1.165) is 39.3 Å². The van der Waals surface area contributed by atoms with Gasteiger partial charge in [0.25, 0.3) is 0 Å². The number of anilines is 1. The molecular formula is C17H29Cl2N3. The zero-order valence-corrected chi connectivity index (χ0v) is 15.3. The Morgan fingerprint density at radius 2 is 1.68 bits per heavy atom. The zero-order chi connectivity index (χ0) is 14.4. The molecule has 5 heteroatoms. The molecule has 1 N–H and O–H groups in total. The van der Waals surface area contributed by atoms with Crippen LogP contribution >= 0.6 is 24.8 Å². The monoisotopic (exact) mass is 345 g/mol. The lowest BCUT2D eigenvalue weighted by Gasteiger charge is -2.33. The van der Waals surface area contributed by atoms with Gasteiger partial charge in [-0.1, -0.05) is 18.2 Å². The van der Waals surface area contributed by atoms with Crippen LogP contribution in [0.15, 0.2) is 36.9 Å². The number of hydrogen-bond donors (Lipinski definition) is 1. The minimum atomic E-state index is 0. The van der Waals surface area contributed by atoms with Crippen molar-refractivity contribution in [2.24, 2.45) is 0 Å². The van der Waals surface area contributed by atoms with Gasteiger partial charge in [-0.3, -0.25) is 4.90 Å². The summed E-state index contributed by atoms with van der Waals surface area (Å²) in [6, 6.07) is 9.31. The summed E-state index contributed by atoms with van der Waals surface area (Å²) >= 11 is 0. The minimum absolute atomic E-state index is 0. The molecule has 1 aliphatic rings. The van der Waals surface area contributed by atoms with Crippen molar-refractivity contribution in [1.82, 2.24) is 10.2 Å². The molecule has 1 fully saturated rings. The normalized spacial score (nSPS) is 16.1. The molecule has 0 unspecified atom stereocenters. The van der Waals surface area contributed by atoms with E-state index in [2.05, 4.69) is 65.9 Å². The third-order valence-corrected chi connectivity index (χ3v) is 4.13. The van der Waals surface area contributed by atoms with E-state index in [4.69, 9.17) is 0 Å². The number of rotatable bonds is 6. The second-order valence-electron chi connectivity index (χ2n) is 5.23. The average Bonchev–Trinajstić information content (AvgIpc) is 2.52. The molecule has 1 aromatic rings. The zero-order valence-electron chi connectivity index (χ0n) is 13.6. The van der Waals surface area contributed by atoms with Crippen molar-refractivity contribution in [3.8, 4) is 0 Å². The first-order chi connectivity index (χ1) is 9.80. The molecule has 2 rings (SSSR count). The quantitative estimate of drug-likeness (QED) is 0.796. The number of nitrogens with one attached hydrogen (secondary N) is 1. The predicted octanol–water partition coefficient (Wildman–Crippen LogP) is 3.51. The highest BCUT2D eigenvalue weighted by Crippen LogP contribution is 2.24. The molecule has 0 radical (unpaired) electrons. The van der Waals surface area contributed by atoms with Crippen LogP contribution in [0.1, 0.15) is 25.5 Å². The van der Waals surface area contributed by atoms with Crippen LogP contribution in [0.3, 0.4) is 0 Å². The number of benzene rings is 1. The van der Waals surface area contributed by atoms with Crippen LogP contribution in [0.25, 0.3) is 0 Å². The van der Waals surface area contributed by atoms with Gasteiger partial charge in [0.05, 0.1) is 6.04 Å². The van der Waals surface area contributed by atoms with E-state index in [1.54, 1.807) is 0 Å². The summed E-state index contributed by atoms with van der Waals surface area (Å²) in [7, 11) is 0. The van der Waals surface area contributed by atoms with E-state index in [0.29, 0.717) is 6.04 Å². The second kappa shape index (κ2) is 10.9. The third-order valence-electron chi connectivity index (χ3n) is 4.13. The van der Waals surface area contributed by atoms with Gasteiger partial charge in [0.1, 0.15) is 0 Å². The van der Waals surface area contributed by atoms with E-state index >= 15 is 0 Å². The summed E-state index contributed by atoms with van der Waals surface area (Å²) in [5, 5.41) is 3.40. The van der Waals surface area contributed by atoms with Crippen LogP contribution < -0.4 is 10.2 Å². The number of nitrogens with zero attached hydrogens (tertiary/aromatic N) is 2. The Morgan fingerprint density at radius 1 is 1.14 bits per heavy atom. The van der Waals surface area contributed by atoms with Gasteiger partial charge in [0.2, 0.25) is 0 Å². The summed E-state index contributed by atoms with van der Waals surface area (Å²) < 4.78 is 0. The van der Waals surface area contributed by atoms with Crippen molar-refractivity contribution in [2.75, 3.05) is 44.2 Å². The lowest BCUT2D eigenvalue weighted by atomic mass is 10.0. The Balaban J connectivity index is 0.00000220. The molecule has 0 saturated carbocycles. The number of halogens is 2. The van der Waals surface area contributed by atoms with Gasteiger partial charge >= 0.3 is 0 Å². The molecule has 22 heavy (non-hydrogen) atoms. The Bertz CT molecular complexity index is 412. The summed E-state index contributed by atoms with van der Waals surface area (Å²) in [6.07, 6.45) is 2.07. The van der Waals surface area contributed by atoms with Crippen molar-refractivity contribution in [1.29, 1.82) is 0 Å². The summed E-state index contributed by atoms with van der Waals surface area (Å²) in [4.78, 5) is 4.87. The molecule has 0 spiro atoms. The standard InChI is InChI=1S/C17H27N3.2ClH/c1-4-17(20-13-11-18-12-14-20)15-7-9-16(10-8-15)19(5-2)6-3;;/h4,7-10,17-18H,1,5-6,11-14H2,2-3H3;2*1H/t17-;;/m0../s1. The highest BCUT2D eigenvalue weighted by atomic mass is 35.5. The molecule has 1 aromatic carbocycles. The van der Waals surface area contributed by atoms with E-state index < -0.39 is 0 Å².